The van der Waals surface area contributed by atoms with E-state index in [0.717, 1.165) is 12.1 Å². The first-order valence-corrected chi connectivity index (χ1v) is 5.95. The molecule has 0 aromatic heterocycles. The summed E-state index contributed by atoms with van der Waals surface area (Å²) in [6.07, 6.45) is -3.37. The molecule has 4 nitrogen and oxygen atoms in total. The molecule has 0 bridgehead atoms. The van der Waals surface area contributed by atoms with Gasteiger partial charge in [0.1, 0.15) is 0 Å². The second-order valence-electron chi connectivity index (χ2n) is 4.81. The van der Waals surface area contributed by atoms with Gasteiger partial charge >= 0.3 is 6.18 Å². The summed E-state index contributed by atoms with van der Waals surface area (Å²) in [4.78, 5) is 11.9. The minimum Gasteiger partial charge on any atom is -0.329 e. The molecule has 106 valence electrons. The van der Waals surface area contributed by atoms with Crippen LogP contribution in [0.25, 0.3) is 0 Å². The molecule has 1 fully saturated rings. The van der Waals surface area contributed by atoms with Gasteiger partial charge in [-0.3, -0.25) is 4.79 Å². The minimum atomic E-state index is -4.64. The molecule has 0 aliphatic heterocycles. The molecule has 0 heterocycles. The highest BCUT2D eigenvalue weighted by Gasteiger charge is 2.48. The second kappa shape index (κ2) is 4.80. The van der Waals surface area contributed by atoms with Crippen LogP contribution in [0.1, 0.15) is 24.0 Å². The standard InChI is InChI=1S/C13H12F3N3O/c14-13(15,16)10-5-9(2-1-8(10)6-17)19-11(20)12(7-18)3-4-12/h1-2,5H,3-4,7,18H2,(H,19,20). The largest absolute Gasteiger partial charge is 0.417 e. The van der Waals surface area contributed by atoms with Crippen molar-refractivity contribution in [3.63, 3.8) is 0 Å². The van der Waals surface area contributed by atoms with Crippen molar-refractivity contribution < 1.29 is 18.0 Å². The molecule has 2 rings (SSSR count). The second-order valence-corrected chi connectivity index (χ2v) is 4.81. The Morgan fingerprint density at radius 3 is 2.55 bits per heavy atom. The van der Waals surface area contributed by atoms with E-state index in [9.17, 15) is 18.0 Å². The summed E-state index contributed by atoms with van der Waals surface area (Å²) in [6.45, 7) is 0.168. The molecule has 0 atom stereocenters. The average molecular weight is 283 g/mol. The third-order valence-corrected chi connectivity index (χ3v) is 3.43. The average Bonchev–Trinajstić information content (AvgIpc) is 3.18. The van der Waals surface area contributed by atoms with Crippen LogP contribution in [0.5, 0.6) is 0 Å². The quantitative estimate of drug-likeness (QED) is 0.893. The number of benzene rings is 1. The Morgan fingerprint density at radius 1 is 1.45 bits per heavy atom. The summed E-state index contributed by atoms with van der Waals surface area (Å²) in [5.41, 5.74) is 3.32. The highest BCUT2D eigenvalue weighted by molar-refractivity contribution is 5.97. The maximum absolute atomic E-state index is 12.8. The molecular weight excluding hydrogens is 271 g/mol. The highest BCUT2D eigenvalue weighted by Crippen LogP contribution is 2.45. The van der Waals surface area contributed by atoms with Crippen LogP contribution in [-0.4, -0.2) is 12.5 Å². The van der Waals surface area contributed by atoms with Crippen molar-refractivity contribution >= 4 is 11.6 Å². The lowest BCUT2D eigenvalue weighted by Gasteiger charge is -2.15. The molecule has 1 aromatic carbocycles. The van der Waals surface area contributed by atoms with E-state index >= 15 is 0 Å². The minimum absolute atomic E-state index is 0.0149. The fourth-order valence-electron chi connectivity index (χ4n) is 1.89. The number of nitrogens with zero attached hydrogens (tertiary/aromatic N) is 1. The number of carbonyl (C=O) groups is 1. The number of nitriles is 1. The molecule has 1 aliphatic rings. The van der Waals surface area contributed by atoms with E-state index in [0.29, 0.717) is 12.8 Å². The zero-order valence-corrected chi connectivity index (χ0v) is 10.4. The smallest absolute Gasteiger partial charge is 0.329 e. The van der Waals surface area contributed by atoms with E-state index in [2.05, 4.69) is 5.32 Å². The summed E-state index contributed by atoms with van der Waals surface area (Å²) >= 11 is 0. The number of hydrogen-bond donors (Lipinski definition) is 2. The molecular formula is C13H12F3N3O. The Labute approximate surface area is 113 Å². The lowest BCUT2D eigenvalue weighted by atomic mass is 10.0. The van der Waals surface area contributed by atoms with Gasteiger partial charge in [-0.1, -0.05) is 0 Å². The number of carbonyl (C=O) groups excluding carboxylic acids is 1. The zero-order valence-electron chi connectivity index (χ0n) is 10.4. The highest BCUT2D eigenvalue weighted by atomic mass is 19.4. The van der Waals surface area contributed by atoms with Crippen LogP contribution in [0.2, 0.25) is 0 Å². The zero-order chi connectivity index (χ0) is 15.0. The molecule has 20 heavy (non-hydrogen) atoms. The summed E-state index contributed by atoms with van der Waals surface area (Å²) in [5, 5.41) is 11.1. The Bertz CT molecular complexity index is 586. The van der Waals surface area contributed by atoms with Gasteiger partial charge in [-0.25, -0.2) is 0 Å². The van der Waals surface area contributed by atoms with Crippen molar-refractivity contribution in [1.82, 2.24) is 0 Å². The van der Waals surface area contributed by atoms with Crippen molar-refractivity contribution in [2.45, 2.75) is 19.0 Å². The van der Waals surface area contributed by atoms with Crippen molar-refractivity contribution in [2.24, 2.45) is 11.1 Å². The van der Waals surface area contributed by atoms with Gasteiger partial charge in [0.05, 0.1) is 22.6 Å². The summed E-state index contributed by atoms with van der Waals surface area (Å²) < 4.78 is 38.3. The number of nitrogens with two attached hydrogens (primary N) is 1. The lowest BCUT2D eigenvalue weighted by molar-refractivity contribution is -0.137. The van der Waals surface area contributed by atoms with Gasteiger partial charge in [0.25, 0.3) is 0 Å². The third-order valence-electron chi connectivity index (χ3n) is 3.43. The van der Waals surface area contributed by atoms with Gasteiger partial charge in [0.15, 0.2) is 0 Å². The van der Waals surface area contributed by atoms with Gasteiger partial charge in [-0.05, 0) is 31.0 Å². The van der Waals surface area contributed by atoms with Crippen molar-refractivity contribution in [2.75, 3.05) is 11.9 Å². The molecule has 7 heteroatoms. The van der Waals surface area contributed by atoms with Crippen LogP contribution >= 0.6 is 0 Å². The van der Waals surface area contributed by atoms with Gasteiger partial charge < -0.3 is 11.1 Å². The molecule has 0 radical (unpaired) electrons. The molecule has 0 unspecified atom stereocenters. The molecule has 3 N–H and O–H groups in total. The molecule has 1 amide bonds. The number of halogens is 3. The van der Waals surface area contributed by atoms with Crippen molar-refractivity contribution in [1.29, 1.82) is 5.26 Å². The summed E-state index contributed by atoms with van der Waals surface area (Å²) in [5.74, 6) is -0.377. The first-order valence-electron chi connectivity index (χ1n) is 5.95. The number of hydrogen-bond acceptors (Lipinski definition) is 3. The molecule has 1 aromatic rings. The fourth-order valence-corrected chi connectivity index (χ4v) is 1.89. The topological polar surface area (TPSA) is 78.9 Å². The van der Waals surface area contributed by atoms with Crippen molar-refractivity contribution in [3.05, 3.63) is 29.3 Å². The van der Waals surface area contributed by atoms with E-state index in [4.69, 9.17) is 11.0 Å². The van der Waals surface area contributed by atoms with Crippen LogP contribution in [0.15, 0.2) is 18.2 Å². The maximum Gasteiger partial charge on any atom is 0.417 e. The van der Waals surface area contributed by atoms with E-state index in [-0.39, 0.29) is 18.1 Å². The molecule has 1 saturated carbocycles. The summed E-state index contributed by atoms with van der Waals surface area (Å²) in [7, 11) is 0. The Hall–Kier alpha value is -2.07. The van der Waals surface area contributed by atoms with E-state index in [1.165, 1.54) is 12.1 Å². The molecule has 0 spiro atoms. The Morgan fingerprint density at radius 2 is 2.10 bits per heavy atom. The fraction of sp³-hybridized carbons (Fsp3) is 0.385. The Balaban J connectivity index is 2.26. The van der Waals surface area contributed by atoms with Gasteiger partial charge in [-0.15, -0.1) is 0 Å². The van der Waals surface area contributed by atoms with Crippen LogP contribution in [0, 0.1) is 16.7 Å². The first kappa shape index (κ1) is 14.3. The van der Waals surface area contributed by atoms with Crippen LogP contribution in [0.3, 0.4) is 0 Å². The van der Waals surface area contributed by atoms with Gasteiger partial charge in [0.2, 0.25) is 5.91 Å². The van der Waals surface area contributed by atoms with E-state index < -0.39 is 22.7 Å². The van der Waals surface area contributed by atoms with E-state index in [1.807, 2.05) is 0 Å². The number of rotatable bonds is 3. The number of nitrogens with one attached hydrogen (secondary N) is 1. The van der Waals surface area contributed by atoms with E-state index in [1.54, 1.807) is 0 Å². The van der Waals surface area contributed by atoms with Crippen LogP contribution in [0.4, 0.5) is 18.9 Å². The predicted octanol–water partition coefficient (Wildman–Crippen LogP) is 2.25. The predicted molar refractivity (Wildman–Crippen MR) is 65.5 cm³/mol. The monoisotopic (exact) mass is 283 g/mol. The van der Waals surface area contributed by atoms with Crippen molar-refractivity contribution in [3.8, 4) is 6.07 Å². The lowest BCUT2D eigenvalue weighted by Crippen LogP contribution is -2.30. The normalized spacial score (nSPS) is 16.4. The maximum atomic E-state index is 12.8. The van der Waals surface area contributed by atoms with Gasteiger partial charge in [0, 0.05) is 12.2 Å². The summed E-state index contributed by atoms with van der Waals surface area (Å²) in [6, 6.07) is 4.57. The van der Waals surface area contributed by atoms with Crippen LogP contribution < -0.4 is 11.1 Å². The number of amides is 1. The Kier molecular flexibility index (Phi) is 3.44. The third kappa shape index (κ3) is 2.60. The first-order chi connectivity index (χ1) is 9.32. The number of anilines is 1. The molecule has 0 saturated heterocycles. The SMILES string of the molecule is N#Cc1ccc(NC(=O)C2(CN)CC2)cc1C(F)(F)F. The van der Waals surface area contributed by atoms with Crippen LogP contribution in [-0.2, 0) is 11.0 Å². The van der Waals surface area contributed by atoms with Gasteiger partial charge in [-0.2, -0.15) is 18.4 Å². The number of alkyl halides is 3. The molecule has 1 aliphatic carbocycles.